The zero-order valence-corrected chi connectivity index (χ0v) is 12.5. The summed E-state index contributed by atoms with van der Waals surface area (Å²) < 4.78 is 6.89. The van der Waals surface area contributed by atoms with Crippen molar-refractivity contribution in [3.8, 4) is 0 Å². The molecule has 0 fully saturated rings. The lowest BCUT2D eigenvalue weighted by molar-refractivity contribution is 0.0524. The van der Waals surface area contributed by atoms with Gasteiger partial charge in [0.2, 0.25) is 5.43 Å². The molecule has 22 heavy (non-hydrogen) atoms. The van der Waals surface area contributed by atoms with Gasteiger partial charge in [0.1, 0.15) is 5.56 Å². The SMILES string of the molecule is CCOC(=O)c1cn(CC)c2c(ccc3cnccc32)c1=O. The summed E-state index contributed by atoms with van der Waals surface area (Å²) in [6.45, 7) is 4.58. The first-order valence-corrected chi connectivity index (χ1v) is 7.24. The number of benzene rings is 1. The molecular formula is C17H16N2O3. The van der Waals surface area contributed by atoms with Crippen LogP contribution < -0.4 is 5.43 Å². The lowest BCUT2D eigenvalue weighted by Crippen LogP contribution is -2.20. The molecule has 0 aliphatic carbocycles. The molecule has 0 bridgehead atoms. The second kappa shape index (κ2) is 5.60. The third kappa shape index (κ3) is 2.15. The van der Waals surface area contributed by atoms with Crippen molar-refractivity contribution in [2.75, 3.05) is 6.61 Å². The summed E-state index contributed by atoms with van der Waals surface area (Å²) in [7, 11) is 0. The van der Waals surface area contributed by atoms with Crippen LogP contribution in [0.2, 0.25) is 0 Å². The molecule has 5 heteroatoms. The Labute approximate surface area is 127 Å². The molecule has 0 atom stereocenters. The van der Waals surface area contributed by atoms with E-state index in [9.17, 15) is 9.59 Å². The molecule has 0 aliphatic rings. The molecule has 0 radical (unpaired) electrons. The monoisotopic (exact) mass is 296 g/mol. The molecule has 0 N–H and O–H groups in total. The number of carbonyl (C=O) groups excluding carboxylic acids is 1. The second-order valence-corrected chi connectivity index (χ2v) is 4.94. The maximum Gasteiger partial charge on any atom is 0.343 e. The number of hydrogen-bond acceptors (Lipinski definition) is 4. The number of nitrogens with zero attached hydrogens (tertiary/aromatic N) is 2. The van der Waals surface area contributed by atoms with Gasteiger partial charge in [-0.1, -0.05) is 6.07 Å². The van der Waals surface area contributed by atoms with E-state index in [1.165, 1.54) is 0 Å². The molecule has 0 aliphatic heterocycles. The first-order chi connectivity index (χ1) is 10.7. The van der Waals surface area contributed by atoms with Gasteiger partial charge in [-0.15, -0.1) is 0 Å². The number of carbonyl (C=O) groups is 1. The number of rotatable bonds is 3. The first kappa shape index (κ1) is 14.3. The van der Waals surface area contributed by atoms with Crippen LogP contribution in [0.5, 0.6) is 0 Å². The van der Waals surface area contributed by atoms with Crippen LogP contribution in [0.4, 0.5) is 0 Å². The molecule has 1 aromatic carbocycles. The first-order valence-electron chi connectivity index (χ1n) is 7.24. The van der Waals surface area contributed by atoms with E-state index < -0.39 is 5.97 Å². The van der Waals surface area contributed by atoms with E-state index in [0.29, 0.717) is 11.9 Å². The predicted molar refractivity (Wildman–Crippen MR) is 85.1 cm³/mol. The number of esters is 1. The fourth-order valence-corrected chi connectivity index (χ4v) is 2.67. The zero-order chi connectivity index (χ0) is 15.7. The van der Waals surface area contributed by atoms with Crippen molar-refractivity contribution in [2.45, 2.75) is 20.4 Å². The van der Waals surface area contributed by atoms with Crippen molar-refractivity contribution in [3.05, 3.63) is 52.6 Å². The Morgan fingerprint density at radius 2 is 2.05 bits per heavy atom. The Morgan fingerprint density at radius 1 is 1.23 bits per heavy atom. The van der Waals surface area contributed by atoms with Crippen molar-refractivity contribution in [2.24, 2.45) is 0 Å². The van der Waals surface area contributed by atoms with Crippen LogP contribution in [-0.2, 0) is 11.3 Å². The Bertz CT molecular complexity index is 928. The molecule has 0 amide bonds. The highest BCUT2D eigenvalue weighted by Gasteiger charge is 2.17. The quantitative estimate of drug-likeness (QED) is 0.551. The van der Waals surface area contributed by atoms with E-state index in [0.717, 1.165) is 16.3 Å². The number of pyridine rings is 2. The van der Waals surface area contributed by atoms with E-state index in [1.54, 1.807) is 31.6 Å². The third-order valence-electron chi connectivity index (χ3n) is 3.69. The van der Waals surface area contributed by atoms with Crippen LogP contribution in [0, 0.1) is 0 Å². The Hall–Kier alpha value is -2.69. The van der Waals surface area contributed by atoms with E-state index in [2.05, 4.69) is 4.98 Å². The third-order valence-corrected chi connectivity index (χ3v) is 3.69. The van der Waals surface area contributed by atoms with Crippen molar-refractivity contribution in [3.63, 3.8) is 0 Å². The topological polar surface area (TPSA) is 61.2 Å². The molecule has 0 spiro atoms. The molecule has 0 unspecified atom stereocenters. The molecular weight excluding hydrogens is 280 g/mol. The van der Waals surface area contributed by atoms with E-state index in [-0.39, 0.29) is 17.6 Å². The molecule has 3 aromatic rings. The minimum absolute atomic E-state index is 0.0737. The smallest absolute Gasteiger partial charge is 0.343 e. The largest absolute Gasteiger partial charge is 0.462 e. The van der Waals surface area contributed by atoms with Gasteiger partial charge in [-0.2, -0.15) is 0 Å². The highest BCUT2D eigenvalue weighted by Crippen LogP contribution is 2.23. The van der Waals surface area contributed by atoms with Crippen LogP contribution in [0.15, 0.2) is 41.6 Å². The standard InChI is InChI=1S/C17H16N2O3/c1-3-19-10-14(17(21)22-4-2)16(20)13-6-5-11-9-18-8-7-12(11)15(13)19/h5-10H,3-4H2,1-2H3. The zero-order valence-electron chi connectivity index (χ0n) is 12.5. The summed E-state index contributed by atoms with van der Waals surface area (Å²) in [4.78, 5) is 28.7. The lowest BCUT2D eigenvalue weighted by atomic mass is 10.1. The van der Waals surface area contributed by atoms with Gasteiger partial charge in [0.15, 0.2) is 0 Å². The summed E-state index contributed by atoms with van der Waals surface area (Å²) in [5.41, 5.74) is 0.599. The molecule has 2 aromatic heterocycles. The van der Waals surface area contributed by atoms with Gasteiger partial charge >= 0.3 is 5.97 Å². The van der Waals surface area contributed by atoms with Crippen LogP contribution in [0.25, 0.3) is 21.7 Å². The summed E-state index contributed by atoms with van der Waals surface area (Å²) in [5, 5.41) is 2.42. The number of aryl methyl sites for hydroxylation is 1. The summed E-state index contributed by atoms with van der Waals surface area (Å²) in [5.74, 6) is -0.577. The van der Waals surface area contributed by atoms with Gasteiger partial charge in [-0.25, -0.2) is 4.79 Å². The van der Waals surface area contributed by atoms with Crippen LogP contribution in [0.3, 0.4) is 0 Å². The van der Waals surface area contributed by atoms with Crippen molar-refractivity contribution < 1.29 is 9.53 Å². The van der Waals surface area contributed by atoms with Crippen LogP contribution in [-0.4, -0.2) is 22.1 Å². The molecule has 2 heterocycles. The number of hydrogen-bond donors (Lipinski definition) is 0. The average Bonchev–Trinajstić information content (AvgIpc) is 2.55. The van der Waals surface area contributed by atoms with E-state index in [4.69, 9.17) is 4.74 Å². The fourth-order valence-electron chi connectivity index (χ4n) is 2.67. The van der Waals surface area contributed by atoms with Gasteiger partial charge in [-0.3, -0.25) is 9.78 Å². The Morgan fingerprint density at radius 3 is 2.77 bits per heavy atom. The van der Waals surface area contributed by atoms with E-state index >= 15 is 0 Å². The lowest BCUT2D eigenvalue weighted by Gasteiger charge is -2.13. The number of fused-ring (bicyclic) bond motifs is 3. The molecule has 3 rings (SSSR count). The fraction of sp³-hybridized carbons (Fsp3) is 0.235. The van der Waals surface area contributed by atoms with Gasteiger partial charge in [-0.05, 0) is 26.0 Å². The molecule has 0 saturated carbocycles. The van der Waals surface area contributed by atoms with Crippen molar-refractivity contribution in [1.82, 2.24) is 9.55 Å². The minimum atomic E-state index is -0.577. The predicted octanol–water partition coefficient (Wildman–Crippen LogP) is 2.75. The highest BCUT2D eigenvalue weighted by molar-refractivity contribution is 6.06. The minimum Gasteiger partial charge on any atom is -0.462 e. The van der Waals surface area contributed by atoms with Gasteiger partial charge < -0.3 is 9.30 Å². The average molecular weight is 296 g/mol. The van der Waals surface area contributed by atoms with Crippen LogP contribution in [0.1, 0.15) is 24.2 Å². The Kier molecular flexibility index (Phi) is 3.63. The highest BCUT2D eigenvalue weighted by atomic mass is 16.5. The van der Waals surface area contributed by atoms with E-state index in [1.807, 2.05) is 23.6 Å². The maximum atomic E-state index is 12.6. The van der Waals surface area contributed by atoms with Gasteiger partial charge in [0, 0.05) is 41.3 Å². The molecule has 5 nitrogen and oxygen atoms in total. The molecule has 112 valence electrons. The number of ether oxygens (including phenoxy) is 1. The maximum absolute atomic E-state index is 12.6. The Balaban J connectivity index is 2.42. The normalized spacial score (nSPS) is 11.0. The summed E-state index contributed by atoms with van der Waals surface area (Å²) in [6, 6.07) is 5.48. The summed E-state index contributed by atoms with van der Waals surface area (Å²) in [6.07, 6.45) is 5.05. The van der Waals surface area contributed by atoms with Gasteiger partial charge in [0.25, 0.3) is 0 Å². The van der Waals surface area contributed by atoms with Gasteiger partial charge in [0.05, 0.1) is 12.1 Å². The summed E-state index contributed by atoms with van der Waals surface area (Å²) >= 11 is 0. The van der Waals surface area contributed by atoms with Crippen molar-refractivity contribution >= 4 is 27.6 Å². The van der Waals surface area contributed by atoms with Crippen molar-refractivity contribution in [1.29, 1.82) is 0 Å². The number of aromatic nitrogens is 2. The molecule has 0 saturated heterocycles. The second-order valence-electron chi connectivity index (χ2n) is 4.94. The van der Waals surface area contributed by atoms with Crippen LogP contribution >= 0.6 is 0 Å².